The van der Waals surface area contributed by atoms with Crippen molar-refractivity contribution in [2.75, 3.05) is 5.32 Å². The van der Waals surface area contributed by atoms with Gasteiger partial charge in [-0.2, -0.15) is 0 Å². The van der Waals surface area contributed by atoms with Crippen LogP contribution in [0, 0.1) is 0 Å². The number of rotatable bonds is 5. The lowest BCUT2D eigenvalue weighted by Gasteiger charge is -2.10. The van der Waals surface area contributed by atoms with Crippen molar-refractivity contribution in [1.82, 2.24) is 9.55 Å². The van der Waals surface area contributed by atoms with Gasteiger partial charge in [0, 0.05) is 24.6 Å². The van der Waals surface area contributed by atoms with E-state index < -0.39 is 6.36 Å². The van der Waals surface area contributed by atoms with Crippen LogP contribution in [0.1, 0.15) is 12.7 Å². The summed E-state index contributed by atoms with van der Waals surface area (Å²) in [6.45, 7) is 3.32. The van der Waals surface area contributed by atoms with Gasteiger partial charge in [-0.3, -0.25) is 0 Å². The monoisotopic (exact) mass is 285 g/mol. The smallest absolute Gasteiger partial charge is 0.406 e. The molecule has 2 aromatic rings. The molecule has 0 unspecified atom stereocenters. The summed E-state index contributed by atoms with van der Waals surface area (Å²) in [5.74, 6) is 0.626. The van der Waals surface area contributed by atoms with Crippen molar-refractivity contribution in [3.05, 3.63) is 42.5 Å². The van der Waals surface area contributed by atoms with Gasteiger partial charge in [-0.05, 0) is 31.2 Å². The Morgan fingerprint density at radius 3 is 2.55 bits per heavy atom. The molecule has 1 N–H and O–H groups in total. The van der Waals surface area contributed by atoms with Gasteiger partial charge in [-0.15, -0.1) is 13.2 Å². The summed E-state index contributed by atoms with van der Waals surface area (Å²) in [6.07, 6.45) is -1.08. The fourth-order valence-electron chi connectivity index (χ4n) is 1.75. The number of halogens is 3. The fourth-order valence-corrected chi connectivity index (χ4v) is 1.75. The SMILES string of the molecule is CCn1ccnc1CNc1ccc(OC(F)(F)F)cc1. The van der Waals surface area contributed by atoms with Crippen molar-refractivity contribution >= 4 is 5.69 Å². The summed E-state index contributed by atoms with van der Waals surface area (Å²) in [6, 6.07) is 5.59. The first-order valence-corrected chi connectivity index (χ1v) is 6.07. The standard InChI is InChI=1S/C13H14F3N3O/c1-2-19-8-7-17-12(19)9-18-10-3-5-11(6-4-10)20-13(14,15)16/h3-8,18H,2,9H2,1H3. The lowest BCUT2D eigenvalue weighted by atomic mass is 10.3. The molecule has 1 aromatic carbocycles. The maximum Gasteiger partial charge on any atom is 0.573 e. The maximum absolute atomic E-state index is 12.0. The van der Waals surface area contributed by atoms with Gasteiger partial charge in [-0.1, -0.05) is 0 Å². The lowest BCUT2D eigenvalue weighted by molar-refractivity contribution is -0.274. The molecule has 4 nitrogen and oxygen atoms in total. The Morgan fingerprint density at radius 1 is 1.25 bits per heavy atom. The third kappa shape index (κ3) is 3.91. The first-order valence-electron chi connectivity index (χ1n) is 6.07. The Balaban J connectivity index is 1.94. The Labute approximate surface area is 114 Å². The second-order valence-electron chi connectivity index (χ2n) is 4.06. The number of aryl methyl sites for hydroxylation is 1. The Bertz CT molecular complexity index is 549. The number of ether oxygens (including phenoxy) is 1. The predicted octanol–water partition coefficient (Wildman–Crippen LogP) is 3.41. The summed E-state index contributed by atoms with van der Waals surface area (Å²) in [4.78, 5) is 4.20. The molecule has 1 heterocycles. The second kappa shape index (κ2) is 5.85. The molecule has 0 fully saturated rings. The minimum Gasteiger partial charge on any atom is -0.406 e. The van der Waals surface area contributed by atoms with Crippen LogP contribution in [0.3, 0.4) is 0 Å². The zero-order chi connectivity index (χ0) is 14.6. The van der Waals surface area contributed by atoms with E-state index in [-0.39, 0.29) is 5.75 Å². The minimum atomic E-state index is -4.67. The van der Waals surface area contributed by atoms with Gasteiger partial charge in [0.25, 0.3) is 0 Å². The molecule has 0 radical (unpaired) electrons. The highest BCUT2D eigenvalue weighted by atomic mass is 19.4. The van der Waals surface area contributed by atoms with Crippen LogP contribution in [0.4, 0.5) is 18.9 Å². The topological polar surface area (TPSA) is 39.1 Å². The summed E-state index contributed by atoms with van der Waals surface area (Å²) in [7, 11) is 0. The van der Waals surface area contributed by atoms with Crippen LogP contribution in [0.2, 0.25) is 0 Å². The molecule has 0 saturated heterocycles. The lowest BCUT2D eigenvalue weighted by Crippen LogP contribution is -2.17. The largest absolute Gasteiger partial charge is 0.573 e. The van der Waals surface area contributed by atoms with Crippen LogP contribution in [-0.2, 0) is 13.1 Å². The molecular weight excluding hydrogens is 271 g/mol. The van der Waals surface area contributed by atoms with E-state index in [0.29, 0.717) is 12.2 Å². The highest BCUT2D eigenvalue weighted by molar-refractivity contribution is 5.46. The van der Waals surface area contributed by atoms with Crippen molar-refractivity contribution in [2.24, 2.45) is 0 Å². The van der Waals surface area contributed by atoms with Crippen LogP contribution in [-0.4, -0.2) is 15.9 Å². The van der Waals surface area contributed by atoms with Gasteiger partial charge in [-0.25, -0.2) is 4.98 Å². The van der Waals surface area contributed by atoms with Gasteiger partial charge in [0.05, 0.1) is 6.54 Å². The number of hydrogen-bond acceptors (Lipinski definition) is 3. The fraction of sp³-hybridized carbons (Fsp3) is 0.308. The van der Waals surface area contributed by atoms with Crippen molar-refractivity contribution in [3.63, 3.8) is 0 Å². The number of aromatic nitrogens is 2. The molecular formula is C13H14F3N3O. The normalized spacial score (nSPS) is 11.4. The van der Waals surface area contributed by atoms with Crippen LogP contribution in [0.15, 0.2) is 36.7 Å². The summed E-state index contributed by atoms with van der Waals surface area (Å²) in [5.41, 5.74) is 0.699. The molecule has 0 spiro atoms. The van der Waals surface area contributed by atoms with Gasteiger partial charge in [0.15, 0.2) is 0 Å². The number of nitrogens with one attached hydrogen (secondary N) is 1. The molecule has 0 aliphatic heterocycles. The molecule has 7 heteroatoms. The number of hydrogen-bond donors (Lipinski definition) is 1. The zero-order valence-corrected chi connectivity index (χ0v) is 10.8. The average molecular weight is 285 g/mol. The first kappa shape index (κ1) is 14.2. The van der Waals surface area contributed by atoms with Crippen molar-refractivity contribution < 1.29 is 17.9 Å². The molecule has 2 rings (SSSR count). The molecule has 0 atom stereocenters. The minimum absolute atomic E-state index is 0.238. The van der Waals surface area contributed by atoms with E-state index in [9.17, 15) is 13.2 Å². The van der Waals surface area contributed by atoms with Gasteiger partial charge in [0.2, 0.25) is 0 Å². The van der Waals surface area contributed by atoms with E-state index in [1.165, 1.54) is 24.3 Å². The van der Waals surface area contributed by atoms with Gasteiger partial charge >= 0.3 is 6.36 Å². The number of alkyl halides is 3. The van der Waals surface area contributed by atoms with Crippen molar-refractivity contribution in [2.45, 2.75) is 26.4 Å². The van der Waals surface area contributed by atoms with Gasteiger partial charge < -0.3 is 14.6 Å². The second-order valence-corrected chi connectivity index (χ2v) is 4.06. The van der Waals surface area contributed by atoms with E-state index in [1.54, 1.807) is 6.20 Å². The van der Waals surface area contributed by atoms with E-state index in [2.05, 4.69) is 15.0 Å². The average Bonchev–Trinajstić information content (AvgIpc) is 2.83. The molecule has 0 bridgehead atoms. The van der Waals surface area contributed by atoms with E-state index in [4.69, 9.17) is 0 Å². The highest BCUT2D eigenvalue weighted by Gasteiger charge is 2.30. The number of nitrogens with zero attached hydrogens (tertiary/aromatic N) is 2. The summed E-state index contributed by atoms with van der Waals surface area (Å²) >= 11 is 0. The van der Waals surface area contributed by atoms with Crippen LogP contribution in [0.5, 0.6) is 5.75 Å². The molecule has 0 aliphatic carbocycles. The molecule has 1 aromatic heterocycles. The third-order valence-corrected chi connectivity index (χ3v) is 2.68. The highest BCUT2D eigenvalue weighted by Crippen LogP contribution is 2.24. The maximum atomic E-state index is 12.0. The molecule has 108 valence electrons. The van der Waals surface area contributed by atoms with E-state index in [0.717, 1.165) is 12.4 Å². The summed E-state index contributed by atoms with van der Waals surface area (Å²) in [5, 5.41) is 3.09. The molecule has 20 heavy (non-hydrogen) atoms. The van der Waals surface area contributed by atoms with E-state index >= 15 is 0 Å². The van der Waals surface area contributed by atoms with Crippen LogP contribution >= 0.6 is 0 Å². The Morgan fingerprint density at radius 2 is 1.95 bits per heavy atom. The first-order chi connectivity index (χ1) is 9.48. The zero-order valence-electron chi connectivity index (χ0n) is 10.8. The molecule has 0 aliphatic rings. The van der Waals surface area contributed by atoms with Crippen LogP contribution < -0.4 is 10.1 Å². The van der Waals surface area contributed by atoms with Crippen molar-refractivity contribution in [3.8, 4) is 5.75 Å². The molecule has 0 amide bonds. The number of imidazole rings is 1. The number of benzene rings is 1. The Kier molecular flexibility index (Phi) is 4.16. The van der Waals surface area contributed by atoms with E-state index in [1.807, 2.05) is 17.7 Å². The Hall–Kier alpha value is -2.18. The predicted molar refractivity (Wildman–Crippen MR) is 68.4 cm³/mol. The third-order valence-electron chi connectivity index (χ3n) is 2.68. The summed E-state index contributed by atoms with van der Waals surface area (Å²) < 4.78 is 41.8. The molecule has 0 saturated carbocycles. The van der Waals surface area contributed by atoms with Crippen molar-refractivity contribution in [1.29, 1.82) is 0 Å². The number of anilines is 1. The van der Waals surface area contributed by atoms with Gasteiger partial charge in [0.1, 0.15) is 11.6 Å². The quantitative estimate of drug-likeness (QED) is 0.915. The van der Waals surface area contributed by atoms with Crippen LogP contribution in [0.25, 0.3) is 0 Å².